The van der Waals surface area contributed by atoms with Crippen molar-refractivity contribution in [3.05, 3.63) is 41.7 Å². The molecule has 0 bridgehead atoms. The van der Waals surface area contributed by atoms with Crippen LogP contribution in [0.5, 0.6) is 0 Å². The van der Waals surface area contributed by atoms with Crippen molar-refractivity contribution < 1.29 is 13.6 Å². The summed E-state index contributed by atoms with van der Waals surface area (Å²) in [5.41, 5.74) is 0.585. The van der Waals surface area contributed by atoms with E-state index in [-0.39, 0.29) is 5.82 Å². The minimum atomic E-state index is -3.48. The minimum Gasteiger partial charge on any atom is -0.337 e. The summed E-state index contributed by atoms with van der Waals surface area (Å²) < 4.78 is 25.9. The summed E-state index contributed by atoms with van der Waals surface area (Å²) in [6.07, 6.45) is 0. The highest BCUT2D eigenvalue weighted by Gasteiger charge is 2.35. The van der Waals surface area contributed by atoms with Gasteiger partial charge >= 0.3 is 5.92 Å². The van der Waals surface area contributed by atoms with Crippen LogP contribution in [-0.2, 0) is 4.79 Å². The van der Waals surface area contributed by atoms with Gasteiger partial charge in [-0.2, -0.15) is 14.0 Å². The molecule has 19 heavy (non-hydrogen) atoms. The lowest BCUT2D eigenvalue weighted by molar-refractivity contribution is -0.143. The molecule has 1 aromatic carbocycles. The first-order valence-electron chi connectivity index (χ1n) is 5.45. The Morgan fingerprint density at radius 3 is 2.58 bits per heavy atom. The number of nitrogens with zero attached hydrogens (tertiary/aromatic N) is 3. The molecule has 2 aromatic rings. The SMILES string of the molecule is CC(F)(F)C(=O)NC(c1ccccc1)c1nn[nH]n1. The van der Waals surface area contributed by atoms with Gasteiger partial charge in [0.1, 0.15) is 6.04 Å². The van der Waals surface area contributed by atoms with Gasteiger partial charge in [0, 0.05) is 6.92 Å². The van der Waals surface area contributed by atoms with E-state index in [9.17, 15) is 13.6 Å². The zero-order valence-corrected chi connectivity index (χ0v) is 9.97. The summed E-state index contributed by atoms with van der Waals surface area (Å²) in [5.74, 6) is -4.76. The van der Waals surface area contributed by atoms with E-state index in [0.29, 0.717) is 12.5 Å². The van der Waals surface area contributed by atoms with Gasteiger partial charge in [-0.05, 0) is 5.56 Å². The highest BCUT2D eigenvalue weighted by molar-refractivity contribution is 5.83. The Hall–Kier alpha value is -2.38. The number of alkyl halides is 2. The smallest absolute Gasteiger partial charge is 0.321 e. The molecule has 1 amide bonds. The summed E-state index contributed by atoms with van der Waals surface area (Å²) in [6, 6.07) is 7.69. The van der Waals surface area contributed by atoms with E-state index in [1.54, 1.807) is 30.3 Å². The van der Waals surface area contributed by atoms with E-state index in [0.717, 1.165) is 0 Å². The summed E-state index contributed by atoms with van der Waals surface area (Å²) in [6.45, 7) is 0.528. The number of carbonyl (C=O) groups excluding carboxylic acids is 1. The van der Waals surface area contributed by atoms with Crippen LogP contribution in [0.1, 0.15) is 24.4 Å². The number of H-pyrrole nitrogens is 1. The molecule has 100 valence electrons. The van der Waals surface area contributed by atoms with Gasteiger partial charge in [0.15, 0.2) is 0 Å². The van der Waals surface area contributed by atoms with Gasteiger partial charge in [0.05, 0.1) is 0 Å². The Morgan fingerprint density at radius 1 is 1.37 bits per heavy atom. The number of aromatic nitrogens is 4. The first-order valence-corrected chi connectivity index (χ1v) is 5.45. The number of amides is 1. The third kappa shape index (κ3) is 3.09. The number of rotatable bonds is 4. The number of hydrogen-bond acceptors (Lipinski definition) is 4. The monoisotopic (exact) mass is 267 g/mol. The lowest BCUT2D eigenvalue weighted by Gasteiger charge is -2.18. The number of nitrogens with one attached hydrogen (secondary N) is 2. The van der Waals surface area contributed by atoms with Gasteiger partial charge in [-0.15, -0.1) is 10.2 Å². The molecule has 0 saturated carbocycles. The quantitative estimate of drug-likeness (QED) is 0.867. The zero-order chi connectivity index (χ0) is 13.9. The molecule has 2 N–H and O–H groups in total. The fourth-order valence-electron chi connectivity index (χ4n) is 1.49. The van der Waals surface area contributed by atoms with Gasteiger partial charge < -0.3 is 5.32 Å². The zero-order valence-electron chi connectivity index (χ0n) is 9.97. The Labute approximate surface area is 107 Å². The van der Waals surface area contributed by atoms with E-state index < -0.39 is 17.9 Å². The maximum absolute atomic E-state index is 13.0. The number of aromatic amines is 1. The van der Waals surface area contributed by atoms with E-state index in [2.05, 4.69) is 25.9 Å². The fraction of sp³-hybridized carbons (Fsp3) is 0.273. The normalized spacial score (nSPS) is 13.0. The average Bonchev–Trinajstić information content (AvgIpc) is 2.89. The fourth-order valence-corrected chi connectivity index (χ4v) is 1.49. The largest absolute Gasteiger partial charge is 0.337 e. The molecule has 0 fully saturated rings. The highest BCUT2D eigenvalue weighted by atomic mass is 19.3. The number of carbonyl (C=O) groups is 1. The van der Waals surface area contributed by atoms with Crippen LogP contribution in [-0.4, -0.2) is 32.5 Å². The maximum Gasteiger partial charge on any atom is 0.321 e. The van der Waals surface area contributed by atoms with Crippen molar-refractivity contribution in [2.24, 2.45) is 0 Å². The Kier molecular flexibility index (Phi) is 3.50. The van der Waals surface area contributed by atoms with E-state index >= 15 is 0 Å². The summed E-state index contributed by atoms with van der Waals surface area (Å²) in [4.78, 5) is 11.4. The van der Waals surface area contributed by atoms with Crippen molar-refractivity contribution in [3.8, 4) is 0 Å². The third-order valence-corrected chi connectivity index (χ3v) is 2.43. The molecule has 1 aromatic heterocycles. The van der Waals surface area contributed by atoms with Crippen molar-refractivity contribution in [1.82, 2.24) is 25.9 Å². The Balaban J connectivity index is 2.29. The van der Waals surface area contributed by atoms with Gasteiger partial charge in [-0.3, -0.25) is 4.79 Å². The van der Waals surface area contributed by atoms with E-state index in [1.807, 2.05) is 0 Å². The predicted molar refractivity (Wildman–Crippen MR) is 61.2 cm³/mol. The van der Waals surface area contributed by atoms with E-state index in [1.165, 1.54) is 0 Å². The van der Waals surface area contributed by atoms with Crippen LogP contribution < -0.4 is 5.32 Å². The first kappa shape index (κ1) is 13.1. The second-order valence-electron chi connectivity index (χ2n) is 3.98. The van der Waals surface area contributed by atoms with Crippen molar-refractivity contribution >= 4 is 5.91 Å². The molecule has 1 unspecified atom stereocenters. The number of hydrogen-bond donors (Lipinski definition) is 2. The molecule has 2 rings (SSSR count). The molecule has 0 aliphatic rings. The molecule has 0 aliphatic heterocycles. The standard InChI is InChI=1S/C11H11F2N5O/c1-11(12,13)10(19)14-8(9-15-17-18-16-9)7-5-3-2-4-6-7/h2-6,8H,1H3,(H,14,19)(H,15,16,17,18). The second-order valence-corrected chi connectivity index (χ2v) is 3.98. The van der Waals surface area contributed by atoms with E-state index in [4.69, 9.17) is 0 Å². The summed E-state index contributed by atoms with van der Waals surface area (Å²) in [7, 11) is 0. The number of benzene rings is 1. The average molecular weight is 267 g/mol. The van der Waals surface area contributed by atoms with Crippen molar-refractivity contribution in [3.63, 3.8) is 0 Å². The van der Waals surface area contributed by atoms with Crippen molar-refractivity contribution in [1.29, 1.82) is 0 Å². The molecule has 6 nitrogen and oxygen atoms in total. The Morgan fingerprint density at radius 2 is 2.05 bits per heavy atom. The van der Waals surface area contributed by atoms with Crippen LogP contribution in [0.4, 0.5) is 8.78 Å². The molecule has 0 spiro atoms. The highest BCUT2D eigenvalue weighted by Crippen LogP contribution is 2.20. The number of halogens is 2. The lowest BCUT2D eigenvalue weighted by atomic mass is 10.1. The molecule has 0 saturated heterocycles. The molecule has 1 atom stereocenters. The van der Waals surface area contributed by atoms with Crippen molar-refractivity contribution in [2.75, 3.05) is 0 Å². The molecule has 1 heterocycles. The van der Waals surface area contributed by atoms with Crippen LogP contribution in [0.25, 0.3) is 0 Å². The van der Waals surface area contributed by atoms with Crippen LogP contribution in [0, 0.1) is 0 Å². The van der Waals surface area contributed by atoms with Gasteiger partial charge in [0.25, 0.3) is 5.91 Å². The Bertz CT molecular complexity index is 538. The molecular weight excluding hydrogens is 256 g/mol. The van der Waals surface area contributed by atoms with Gasteiger partial charge in [-0.25, -0.2) is 0 Å². The van der Waals surface area contributed by atoms with Crippen molar-refractivity contribution in [2.45, 2.75) is 18.9 Å². The molecule has 0 aliphatic carbocycles. The minimum absolute atomic E-state index is 0.115. The van der Waals surface area contributed by atoms with Crippen LogP contribution in [0.15, 0.2) is 30.3 Å². The molecule has 8 heteroatoms. The second kappa shape index (κ2) is 5.09. The van der Waals surface area contributed by atoms with Gasteiger partial charge in [-0.1, -0.05) is 35.5 Å². The first-order chi connectivity index (χ1) is 8.98. The maximum atomic E-state index is 13.0. The van der Waals surface area contributed by atoms with Crippen LogP contribution in [0.3, 0.4) is 0 Å². The predicted octanol–water partition coefficient (Wildman–Crippen LogP) is 1.06. The summed E-state index contributed by atoms with van der Waals surface area (Å²) >= 11 is 0. The molecule has 0 radical (unpaired) electrons. The van der Waals surface area contributed by atoms with Gasteiger partial charge in [0.2, 0.25) is 5.82 Å². The molecular formula is C11H11F2N5O. The third-order valence-electron chi connectivity index (χ3n) is 2.43. The van der Waals surface area contributed by atoms with Crippen LogP contribution >= 0.6 is 0 Å². The van der Waals surface area contributed by atoms with Crippen LogP contribution in [0.2, 0.25) is 0 Å². The topological polar surface area (TPSA) is 83.6 Å². The summed E-state index contributed by atoms with van der Waals surface area (Å²) in [5, 5.41) is 15.2. The number of tetrazole rings is 1. The lowest BCUT2D eigenvalue weighted by Crippen LogP contribution is -2.40.